The van der Waals surface area contributed by atoms with E-state index in [0.717, 1.165) is 12.1 Å². The Balaban J connectivity index is 1.55. The zero-order valence-electron chi connectivity index (χ0n) is 26.2. The van der Waals surface area contributed by atoms with Crippen molar-refractivity contribution in [1.29, 1.82) is 0 Å². The highest BCUT2D eigenvalue weighted by Gasteiger charge is 2.38. The number of halogens is 5. The predicted molar refractivity (Wildman–Crippen MR) is 172 cm³/mol. The topological polar surface area (TPSA) is 85.2 Å². The second-order valence-electron chi connectivity index (χ2n) is 12.3. The molecule has 0 radical (unpaired) electrons. The van der Waals surface area contributed by atoms with Gasteiger partial charge in [0.2, 0.25) is 11.8 Å². The first-order valence-electron chi connectivity index (χ1n) is 15.3. The highest BCUT2D eigenvalue weighted by Crippen LogP contribution is 2.37. The third-order valence-electron chi connectivity index (χ3n) is 8.75. The number of rotatable bonds is 10. The lowest BCUT2D eigenvalue weighted by atomic mass is 9.94. The fourth-order valence-corrected chi connectivity index (χ4v) is 6.59. The number of anilines is 1. The molecule has 0 saturated carbocycles. The first-order valence-corrected chi connectivity index (χ1v) is 16.1. The third-order valence-corrected chi connectivity index (χ3v) is 9.34. The van der Waals surface area contributed by atoms with Gasteiger partial charge in [-0.15, -0.1) is 0 Å². The zero-order chi connectivity index (χ0) is 33.1. The number of benzene rings is 2. The molecule has 2 heterocycles. The Morgan fingerprint density at radius 3 is 2.27 bits per heavy atom. The molecule has 2 aliphatic rings. The van der Waals surface area contributed by atoms with Crippen molar-refractivity contribution >= 4 is 40.7 Å². The highest BCUT2D eigenvalue weighted by atomic mass is 35.5. The predicted octanol–water partition coefficient (Wildman–Crippen LogP) is 5.03. The number of hydrogen-bond donors (Lipinski definition) is 2. The summed E-state index contributed by atoms with van der Waals surface area (Å²) in [6.07, 6.45) is -3.70. The van der Waals surface area contributed by atoms with E-state index < -0.39 is 23.8 Å². The summed E-state index contributed by atoms with van der Waals surface area (Å²) in [6, 6.07) is 7.52. The zero-order valence-corrected chi connectivity index (χ0v) is 27.7. The van der Waals surface area contributed by atoms with Crippen molar-refractivity contribution < 1.29 is 22.8 Å². The summed E-state index contributed by atoms with van der Waals surface area (Å²) in [5.74, 6) is -0.124. The van der Waals surface area contributed by atoms with Crippen LogP contribution in [0.25, 0.3) is 0 Å². The Kier molecular flexibility index (Phi) is 11.7. The second-order valence-corrected chi connectivity index (χ2v) is 13.1. The van der Waals surface area contributed by atoms with Gasteiger partial charge in [-0.1, -0.05) is 43.1 Å². The van der Waals surface area contributed by atoms with Crippen LogP contribution in [0.15, 0.2) is 36.4 Å². The van der Waals surface area contributed by atoms with Crippen LogP contribution in [0.1, 0.15) is 49.9 Å². The second kappa shape index (κ2) is 14.9. The van der Waals surface area contributed by atoms with Gasteiger partial charge in [0.05, 0.1) is 18.3 Å². The number of alkyl halides is 3. The molecule has 2 aromatic carbocycles. The Bertz CT molecular complexity index is 1350. The average Bonchev–Trinajstić information content (AvgIpc) is 2.99. The van der Waals surface area contributed by atoms with Crippen LogP contribution in [-0.2, 0) is 22.2 Å². The lowest BCUT2D eigenvalue weighted by Gasteiger charge is -2.43. The quantitative estimate of drug-likeness (QED) is 0.369. The molecule has 0 aliphatic carbocycles. The minimum absolute atomic E-state index is 0.00721. The molecule has 3 unspecified atom stereocenters. The minimum atomic E-state index is -4.48. The van der Waals surface area contributed by atoms with E-state index in [1.165, 1.54) is 6.07 Å². The van der Waals surface area contributed by atoms with Crippen molar-refractivity contribution in [2.75, 3.05) is 57.8 Å². The number of nitrogens with two attached hydrogens (primary N) is 1. The molecule has 3 N–H and O–H groups in total. The van der Waals surface area contributed by atoms with Gasteiger partial charge in [0.25, 0.3) is 0 Å². The molecule has 0 aromatic heterocycles. The van der Waals surface area contributed by atoms with Gasteiger partial charge in [0, 0.05) is 67.5 Å². The van der Waals surface area contributed by atoms with Crippen LogP contribution in [0.4, 0.5) is 18.9 Å². The van der Waals surface area contributed by atoms with Gasteiger partial charge in [-0.05, 0) is 67.8 Å². The molecule has 2 amide bonds. The Hall–Kier alpha value is -2.57. The minimum Gasteiger partial charge on any atom is -0.368 e. The van der Waals surface area contributed by atoms with Crippen molar-refractivity contribution in [2.45, 2.75) is 58.0 Å². The monoisotopic (exact) mass is 670 g/mol. The molecule has 8 nitrogen and oxygen atoms in total. The van der Waals surface area contributed by atoms with Crippen molar-refractivity contribution in [3.8, 4) is 0 Å². The summed E-state index contributed by atoms with van der Waals surface area (Å²) in [4.78, 5) is 35.0. The van der Waals surface area contributed by atoms with E-state index in [1.807, 2.05) is 37.6 Å². The number of nitrogens with zero attached hydrogens (tertiary/aromatic N) is 4. The van der Waals surface area contributed by atoms with E-state index in [2.05, 4.69) is 5.32 Å². The molecule has 2 aliphatic heterocycles. The molecule has 3 atom stereocenters. The molecule has 4 rings (SSSR count). The Morgan fingerprint density at radius 2 is 1.69 bits per heavy atom. The normalized spacial score (nSPS) is 18.8. The SMILES string of the molecule is CNC(C)N1CCN(C(Cc2ccc(Cl)cc2Cl)C(=O)N2CCN(c3ccc(C(F)(F)F)cc3C(N)CC(C)C)CC2)C(=O)C1. The smallest absolute Gasteiger partial charge is 0.368 e. The van der Waals surface area contributed by atoms with E-state index in [4.69, 9.17) is 28.9 Å². The van der Waals surface area contributed by atoms with Crippen molar-refractivity contribution in [3.05, 3.63) is 63.1 Å². The molecule has 0 spiro atoms. The maximum Gasteiger partial charge on any atom is 0.416 e. The Morgan fingerprint density at radius 1 is 1.00 bits per heavy atom. The number of carbonyl (C=O) groups excluding carboxylic acids is 2. The van der Waals surface area contributed by atoms with Gasteiger partial charge in [0.1, 0.15) is 6.04 Å². The molecular formula is C32H43Cl2F3N6O2. The Labute approximate surface area is 273 Å². The van der Waals surface area contributed by atoms with Crippen LogP contribution in [-0.4, -0.2) is 91.6 Å². The summed E-state index contributed by atoms with van der Waals surface area (Å²) in [5.41, 5.74) is 7.52. The van der Waals surface area contributed by atoms with E-state index >= 15 is 0 Å². The van der Waals surface area contributed by atoms with Crippen LogP contribution >= 0.6 is 23.2 Å². The van der Waals surface area contributed by atoms with Crippen LogP contribution in [0, 0.1) is 5.92 Å². The van der Waals surface area contributed by atoms with Crippen molar-refractivity contribution in [2.24, 2.45) is 11.7 Å². The molecule has 13 heteroatoms. The third kappa shape index (κ3) is 8.62. The molecule has 2 aromatic rings. The molecule has 248 valence electrons. The molecule has 2 fully saturated rings. The lowest BCUT2D eigenvalue weighted by Crippen LogP contribution is -2.62. The van der Waals surface area contributed by atoms with Crippen molar-refractivity contribution in [1.82, 2.24) is 20.0 Å². The fourth-order valence-electron chi connectivity index (χ4n) is 6.10. The van der Waals surface area contributed by atoms with Gasteiger partial charge in [-0.3, -0.25) is 14.5 Å². The standard InChI is InChI=1S/C32H43Cl2F3N6O2/c1-20(2)15-27(38)25-17-23(32(35,36)37)6-8-28(25)40-9-11-41(12-10-40)31(45)29(16-22-5-7-24(33)18-26(22)34)43-14-13-42(19-30(43)44)21(3)39-4/h5-8,17-18,20-21,27,29,39H,9-16,19,38H2,1-4H3. The first-order chi connectivity index (χ1) is 21.2. The lowest BCUT2D eigenvalue weighted by molar-refractivity contribution is -0.150. The summed E-state index contributed by atoms with van der Waals surface area (Å²) in [7, 11) is 1.83. The maximum atomic E-state index is 14.2. The van der Waals surface area contributed by atoms with Gasteiger partial charge in [-0.2, -0.15) is 13.2 Å². The molecule has 0 bridgehead atoms. The molecular weight excluding hydrogens is 628 g/mol. The summed E-state index contributed by atoms with van der Waals surface area (Å²) in [5, 5.41) is 4.06. The molecule has 45 heavy (non-hydrogen) atoms. The number of carbonyl (C=O) groups is 2. The maximum absolute atomic E-state index is 14.2. The molecule has 2 saturated heterocycles. The summed E-state index contributed by atoms with van der Waals surface area (Å²) in [6.45, 7) is 8.62. The average molecular weight is 672 g/mol. The van der Waals surface area contributed by atoms with Gasteiger partial charge in [0.15, 0.2) is 0 Å². The highest BCUT2D eigenvalue weighted by molar-refractivity contribution is 6.35. The van der Waals surface area contributed by atoms with Crippen LogP contribution < -0.4 is 16.0 Å². The van der Waals surface area contributed by atoms with E-state index in [0.29, 0.717) is 72.5 Å². The largest absolute Gasteiger partial charge is 0.416 e. The van der Waals surface area contributed by atoms with E-state index in [1.54, 1.807) is 28.0 Å². The van der Waals surface area contributed by atoms with Gasteiger partial charge < -0.3 is 25.8 Å². The first kappa shape index (κ1) is 35.3. The van der Waals surface area contributed by atoms with Crippen LogP contribution in [0.5, 0.6) is 0 Å². The summed E-state index contributed by atoms with van der Waals surface area (Å²) < 4.78 is 40.8. The van der Waals surface area contributed by atoms with Gasteiger partial charge >= 0.3 is 6.18 Å². The fraction of sp³-hybridized carbons (Fsp3) is 0.562. The van der Waals surface area contributed by atoms with E-state index in [9.17, 15) is 22.8 Å². The number of piperazine rings is 2. The number of hydrogen-bond acceptors (Lipinski definition) is 6. The summed E-state index contributed by atoms with van der Waals surface area (Å²) >= 11 is 12.6. The number of amides is 2. The number of nitrogens with one attached hydrogen (secondary N) is 1. The van der Waals surface area contributed by atoms with Crippen LogP contribution in [0.2, 0.25) is 10.0 Å². The van der Waals surface area contributed by atoms with Crippen LogP contribution in [0.3, 0.4) is 0 Å². The van der Waals surface area contributed by atoms with E-state index in [-0.39, 0.29) is 36.9 Å². The van der Waals surface area contributed by atoms with Gasteiger partial charge in [-0.25, -0.2) is 0 Å². The van der Waals surface area contributed by atoms with Crippen molar-refractivity contribution in [3.63, 3.8) is 0 Å².